The van der Waals surface area contributed by atoms with Crippen molar-refractivity contribution < 1.29 is 55.5 Å². The zero-order chi connectivity index (χ0) is 53.5. The average Bonchev–Trinajstić information content (AvgIpc) is 3.33. The molecule has 8 rings (SSSR count). The maximum absolute atomic E-state index is 13.4. The Balaban J connectivity index is 0.000000241. The number of phenolic OH excluding ortho intramolecular Hbond substituents is 1. The van der Waals surface area contributed by atoms with Crippen LogP contribution in [0.1, 0.15) is 40.9 Å². The van der Waals surface area contributed by atoms with E-state index in [4.69, 9.17) is 32.7 Å². The number of aromatic hydroxyl groups is 1. The summed E-state index contributed by atoms with van der Waals surface area (Å²) in [5.74, 6) is -1.80. The third kappa shape index (κ3) is 13.7. The Kier molecular flexibility index (Phi) is 19.3. The Bertz CT molecular complexity index is 3830. The molecule has 0 radical (unpaired) electrons. The SMILES string of the molecule is CCOc1ccccc1N=C([O-])c1cc2ccccc2c(N=Nc2cc(C)cc(Cl)c2S(=O)(=O)O)c1[O-].CCOc1ccccc1NC(=O)c1cc2ccccc2c(N=Nc2cc(C)cc(Cl)c2S(=O)(=O)O)c1O.[Ba+2]. The van der Waals surface area contributed by atoms with Gasteiger partial charge in [0.05, 0.1) is 40.2 Å². The van der Waals surface area contributed by atoms with Crippen molar-refractivity contribution in [3.05, 3.63) is 166 Å². The molecular weight excluding hydrogens is 1170 g/mol. The summed E-state index contributed by atoms with van der Waals surface area (Å²) in [6.45, 7) is 7.68. The van der Waals surface area contributed by atoms with Gasteiger partial charge in [-0.1, -0.05) is 102 Å². The molecule has 8 aromatic rings. The van der Waals surface area contributed by atoms with Crippen LogP contribution in [0.3, 0.4) is 0 Å². The van der Waals surface area contributed by atoms with Gasteiger partial charge in [-0.2, -0.15) is 21.9 Å². The van der Waals surface area contributed by atoms with Crippen molar-refractivity contribution in [3.8, 4) is 23.0 Å². The number of benzene rings is 8. The number of para-hydroxylation sites is 4. The summed E-state index contributed by atoms with van der Waals surface area (Å²) in [6.07, 6.45) is 0. The number of hydrogen-bond donors (Lipinski definition) is 4. The number of anilines is 1. The Morgan fingerprint density at radius 2 is 1.07 bits per heavy atom. The van der Waals surface area contributed by atoms with E-state index in [2.05, 4.69) is 30.8 Å². The summed E-state index contributed by atoms with van der Waals surface area (Å²) in [5.41, 5.74) is 0.700. The molecule has 1 amide bonds. The molecule has 0 heterocycles. The number of nitrogens with one attached hydrogen (secondary N) is 1. The van der Waals surface area contributed by atoms with Crippen molar-refractivity contribution in [1.29, 1.82) is 0 Å². The van der Waals surface area contributed by atoms with Crippen molar-refractivity contribution in [2.75, 3.05) is 18.5 Å². The second kappa shape index (κ2) is 25.0. The molecule has 0 spiro atoms. The molecule has 0 aromatic heterocycles. The summed E-state index contributed by atoms with van der Waals surface area (Å²) < 4.78 is 78.0. The molecule has 0 bridgehead atoms. The standard InChI is InChI=1S/2C26H22ClN3O6S.Ba/c2*1-3-36-22-11-7-6-10-20(22)28-26(32)18-14-16-8-4-5-9-17(16)23(24(18)31)30-29-21-13-15(2)12-19(27)25(21)37(33,34)35;/h2*4-14,31H,3H2,1-2H3,(H,28,32)(H,33,34,35);/q;;+2/p-2. The number of hydrogen-bond acceptors (Lipinski definition) is 15. The molecule has 18 nitrogen and oxygen atoms in total. The van der Waals surface area contributed by atoms with Gasteiger partial charge in [0.25, 0.3) is 26.1 Å². The van der Waals surface area contributed by atoms with Gasteiger partial charge < -0.3 is 30.1 Å². The maximum Gasteiger partial charge on any atom is 2.00 e. The molecule has 0 fully saturated rings. The monoisotopic (exact) mass is 1210 g/mol. The molecule has 4 N–H and O–H groups in total. The van der Waals surface area contributed by atoms with Crippen LogP contribution in [0.2, 0.25) is 10.0 Å². The summed E-state index contributed by atoms with van der Waals surface area (Å²) in [4.78, 5) is 16.0. The molecule has 0 unspecified atom stereocenters. The smallest absolute Gasteiger partial charge is 0.871 e. The molecule has 8 aromatic carbocycles. The zero-order valence-electron chi connectivity index (χ0n) is 40.1. The number of rotatable bonds is 14. The largest absolute Gasteiger partial charge is 2.00 e. The number of phenols is 1. The first-order chi connectivity index (χ1) is 35.2. The Labute approximate surface area is 481 Å². The number of aryl methyl sites for hydroxylation is 2. The second-order valence-corrected chi connectivity index (χ2v) is 19.4. The van der Waals surface area contributed by atoms with Gasteiger partial charge in [0, 0.05) is 10.8 Å². The first kappa shape index (κ1) is 57.9. The third-order valence-electron chi connectivity index (χ3n) is 10.6. The number of amides is 1. The van der Waals surface area contributed by atoms with Crippen molar-refractivity contribution in [3.63, 3.8) is 0 Å². The van der Waals surface area contributed by atoms with Crippen molar-refractivity contribution in [2.45, 2.75) is 37.5 Å². The first-order valence-electron chi connectivity index (χ1n) is 22.1. The second-order valence-electron chi connectivity index (χ2n) is 15.9. The van der Waals surface area contributed by atoms with Crippen LogP contribution in [0.25, 0.3) is 21.5 Å². The first-order valence-corrected chi connectivity index (χ1v) is 25.7. The van der Waals surface area contributed by atoms with E-state index in [-0.39, 0.29) is 98.5 Å². The number of fused-ring (bicyclic) bond motifs is 2. The number of aliphatic imine (C=N–C) groups is 1. The molecule has 0 aliphatic rings. The van der Waals surface area contributed by atoms with Crippen LogP contribution >= 0.6 is 23.2 Å². The number of halogens is 2. The fourth-order valence-corrected chi connectivity index (χ4v) is 9.95. The van der Waals surface area contributed by atoms with Gasteiger partial charge in [-0.15, -0.1) is 15.3 Å². The van der Waals surface area contributed by atoms with Gasteiger partial charge in [0.2, 0.25) is 0 Å². The van der Waals surface area contributed by atoms with Gasteiger partial charge in [0.15, 0.2) is 5.75 Å². The van der Waals surface area contributed by atoms with Gasteiger partial charge >= 0.3 is 48.9 Å². The molecular formula is C52H42BaCl2N6O12S2. The van der Waals surface area contributed by atoms with Crippen molar-refractivity contribution in [2.24, 2.45) is 25.4 Å². The van der Waals surface area contributed by atoms with Crippen LogP contribution in [0.4, 0.5) is 34.1 Å². The molecule has 0 aliphatic carbocycles. The molecule has 0 saturated heterocycles. The average molecular weight is 1220 g/mol. The minimum Gasteiger partial charge on any atom is -0.871 e. The van der Waals surface area contributed by atoms with E-state index in [1.165, 1.54) is 36.4 Å². The van der Waals surface area contributed by atoms with E-state index in [9.17, 15) is 46.1 Å². The van der Waals surface area contributed by atoms with Gasteiger partial charge in [-0.25, -0.2) is 0 Å². The van der Waals surface area contributed by atoms with E-state index in [0.29, 0.717) is 63.1 Å². The fraction of sp³-hybridized carbons (Fsp3) is 0.115. The van der Waals surface area contributed by atoms with Crippen LogP contribution < -0.4 is 25.0 Å². The Morgan fingerprint density at radius 3 is 1.61 bits per heavy atom. The van der Waals surface area contributed by atoms with Crippen molar-refractivity contribution >= 4 is 160 Å². The summed E-state index contributed by atoms with van der Waals surface area (Å²) in [7, 11) is -9.47. The van der Waals surface area contributed by atoms with E-state index < -0.39 is 53.3 Å². The quantitative estimate of drug-likeness (QED) is 0.0260. The minimum atomic E-state index is -4.75. The van der Waals surface area contributed by atoms with Gasteiger partial charge in [0.1, 0.15) is 44.0 Å². The van der Waals surface area contributed by atoms with Crippen LogP contribution in [-0.4, -0.2) is 105 Å². The molecule has 0 aliphatic heterocycles. The third-order valence-corrected chi connectivity index (χ3v) is 13.3. The van der Waals surface area contributed by atoms with E-state index in [1.807, 2.05) is 6.92 Å². The Morgan fingerprint density at radius 1 is 0.613 bits per heavy atom. The molecule has 380 valence electrons. The number of azo groups is 2. The van der Waals surface area contributed by atoms with Crippen LogP contribution in [0.5, 0.6) is 23.0 Å². The zero-order valence-corrected chi connectivity index (χ0v) is 47.7. The molecule has 23 heteroatoms. The van der Waals surface area contributed by atoms with Crippen LogP contribution in [0, 0.1) is 13.8 Å². The summed E-state index contributed by atoms with van der Waals surface area (Å²) in [6, 6.07) is 35.5. The number of carbonyl (C=O) groups is 1. The van der Waals surface area contributed by atoms with Crippen LogP contribution in [-0.2, 0) is 20.2 Å². The number of nitrogens with zero attached hydrogens (tertiary/aromatic N) is 5. The van der Waals surface area contributed by atoms with E-state index in [1.54, 1.807) is 118 Å². The van der Waals surface area contributed by atoms with E-state index >= 15 is 0 Å². The topological polar surface area (TPSA) is 284 Å². The molecule has 0 saturated carbocycles. The van der Waals surface area contributed by atoms with Crippen LogP contribution in [0.15, 0.2) is 169 Å². The summed E-state index contributed by atoms with van der Waals surface area (Å²) in [5, 5.41) is 57.8. The number of carbonyl (C=O) groups excluding carboxylic acids is 1. The molecule has 0 atom stereocenters. The normalized spacial score (nSPS) is 11.9. The van der Waals surface area contributed by atoms with Crippen molar-refractivity contribution in [1.82, 2.24) is 0 Å². The predicted molar refractivity (Wildman–Crippen MR) is 284 cm³/mol. The maximum atomic E-state index is 13.4. The minimum absolute atomic E-state index is 0. The summed E-state index contributed by atoms with van der Waals surface area (Å²) >= 11 is 12.1. The van der Waals surface area contributed by atoms with E-state index in [0.717, 1.165) is 0 Å². The van der Waals surface area contributed by atoms with Gasteiger partial charge in [-0.3, -0.25) is 18.9 Å². The number of ether oxygens (including phenoxy) is 2. The molecule has 75 heavy (non-hydrogen) atoms. The Hall–Kier alpha value is -6.41. The fourth-order valence-electron chi connectivity index (χ4n) is 7.49. The predicted octanol–water partition coefficient (Wildman–Crippen LogP) is 11.8. The van der Waals surface area contributed by atoms with Gasteiger partial charge in [-0.05, 0) is 122 Å².